The summed E-state index contributed by atoms with van der Waals surface area (Å²) in [5.41, 5.74) is 1.68. The molecule has 4 rings (SSSR count). The minimum Gasteiger partial charge on any atom is -0.507 e. The Morgan fingerprint density at radius 2 is 1.85 bits per heavy atom. The molecule has 0 saturated carbocycles. The van der Waals surface area contributed by atoms with Crippen LogP contribution in [0.3, 0.4) is 0 Å². The van der Waals surface area contributed by atoms with E-state index in [4.69, 9.17) is 27.6 Å². The number of carbonyl (C=O) groups is 1. The monoisotopic (exact) mass is 403 g/mol. The molecule has 0 aliphatic carbocycles. The highest BCUT2D eigenvalue weighted by molar-refractivity contribution is 8.04. The molecule has 7 heteroatoms. The van der Waals surface area contributed by atoms with Crippen molar-refractivity contribution in [3.05, 3.63) is 81.1 Å². The highest BCUT2D eigenvalue weighted by atomic mass is 35.5. The smallest absolute Gasteiger partial charge is 0.236 e. The van der Waals surface area contributed by atoms with Crippen LogP contribution in [0.1, 0.15) is 16.1 Å². The topological polar surface area (TPSA) is 62.5 Å². The summed E-state index contributed by atoms with van der Waals surface area (Å²) in [6.07, 6.45) is 1.44. The number of ketones is 1. The van der Waals surface area contributed by atoms with Crippen molar-refractivity contribution in [2.75, 3.05) is 5.32 Å². The highest BCUT2D eigenvalue weighted by Crippen LogP contribution is 2.46. The maximum absolute atomic E-state index is 13.0. The lowest BCUT2D eigenvalue weighted by Crippen LogP contribution is -2.13. The summed E-state index contributed by atoms with van der Waals surface area (Å²) in [6.45, 7) is 0. The number of phenols is 1. The van der Waals surface area contributed by atoms with E-state index in [-0.39, 0.29) is 17.3 Å². The van der Waals surface area contributed by atoms with Crippen LogP contribution >= 0.6 is 35.0 Å². The van der Waals surface area contributed by atoms with E-state index < -0.39 is 0 Å². The number of allylic oxidation sites excluding steroid dienone is 1. The standard InChI is InChI=1S/C19H11Cl2NO3S/c20-10-4-6-14(23)12(8-10)17-19(18(24)15-2-1-7-25-15)26-16-9-11(21)3-5-13(16)22-17/h1-9,22-23H. The molecule has 130 valence electrons. The van der Waals surface area contributed by atoms with Gasteiger partial charge < -0.3 is 14.8 Å². The van der Waals surface area contributed by atoms with Gasteiger partial charge in [-0.3, -0.25) is 4.79 Å². The first-order valence-corrected chi connectivity index (χ1v) is 9.16. The fourth-order valence-corrected chi connectivity index (χ4v) is 4.11. The Hall–Kier alpha value is -2.34. The summed E-state index contributed by atoms with van der Waals surface area (Å²) in [7, 11) is 0. The number of nitrogens with one attached hydrogen (secondary N) is 1. The summed E-state index contributed by atoms with van der Waals surface area (Å²) in [6, 6.07) is 13.3. The summed E-state index contributed by atoms with van der Waals surface area (Å²) in [4.78, 5) is 14.2. The van der Waals surface area contributed by atoms with E-state index in [2.05, 4.69) is 5.32 Å². The van der Waals surface area contributed by atoms with Crippen molar-refractivity contribution in [3.63, 3.8) is 0 Å². The number of Topliss-reactive ketones (excluding diaryl/α,β-unsaturated/α-hetero) is 1. The molecular weight excluding hydrogens is 393 g/mol. The van der Waals surface area contributed by atoms with Gasteiger partial charge in [-0.2, -0.15) is 0 Å². The first-order valence-electron chi connectivity index (χ1n) is 7.59. The SMILES string of the molecule is O=C(C1=C(c2cc(Cl)ccc2O)Nc2ccc(Cl)cc2S1)c1ccco1. The van der Waals surface area contributed by atoms with Crippen LogP contribution in [-0.2, 0) is 0 Å². The molecule has 2 heterocycles. The minimum atomic E-state index is -0.299. The third kappa shape index (κ3) is 3.09. The molecule has 4 nitrogen and oxygen atoms in total. The van der Waals surface area contributed by atoms with Gasteiger partial charge in [0.1, 0.15) is 5.75 Å². The second-order valence-corrected chi connectivity index (χ2v) is 7.46. The molecule has 1 aliphatic heterocycles. The van der Waals surface area contributed by atoms with Crippen LogP contribution in [0.2, 0.25) is 10.0 Å². The lowest BCUT2D eigenvalue weighted by Gasteiger charge is -2.24. The van der Waals surface area contributed by atoms with Crippen LogP contribution in [-0.4, -0.2) is 10.9 Å². The van der Waals surface area contributed by atoms with Crippen molar-refractivity contribution in [3.8, 4) is 5.75 Å². The van der Waals surface area contributed by atoms with Crippen LogP contribution in [0.25, 0.3) is 5.70 Å². The first kappa shape index (κ1) is 17.1. The quantitative estimate of drug-likeness (QED) is 0.520. The second-order valence-electron chi connectivity index (χ2n) is 5.54. The Balaban J connectivity index is 1.90. The number of phenolic OH excluding ortho intramolecular Hbond substituents is 1. The molecule has 3 aromatic rings. The summed E-state index contributed by atoms with van der Waals surface area (Å²) in [5, 5.41) is 14.5. The van der Waals surface area contributed by atoms with E-state index in [1.807, 2.05) is 6.07 Å². The molecule has 0 fully saturated rings. The van der Waals surface area contributed by atoms with Gasteiger partial charge in [-0.1, -0.05) is 35.0 Å². The minimum absolute atomic E-state index is 0.0136. The molecule has 1 aromatic heterocycles. The molecule has 1 aliphatic rings. The number of hydrogen-bond donors (Lipinski definition) is 2. The number of thioether (sulfide) groups is 1. The average Bonchev–Trinajstić information content (AvgIpc) is 3.17. The molecule has 0 spiro atoms. The summed E-state index contributed by atoms with van der Waals surface area (Å²) < 4.78 is 5.26. The molecule has 0 radical (unpaired) electrons. The third-order valence-corrected chi connectivity index (χ3v) is 5.44. The third-order valence-electron chi connectivity index (χ3n) is 3.82. The van der Waals surface area contributed by atoms with Gasteiger partial charge in [0.25, 0.3) is 0 Å². The van der Waals surface area contributed by atoms with Crippen LogP contribution in [0.15, 0.2) is 69.0 Å². The molecule has 2 N–H and O–H groups in total. The molecule has 0 unspecified atom stereocenters. The van der Waals surface area contributed by atoms with Gasteiger partial charge in [-0.05, 0) is 48.5 Å². The van der Waals surface area contributed by atoms with E-state index in [0.29, 0.717) is 26.2 Å². The number of hydrogen-bond acceptors (Lipinski definition) is 5. The fraction of sp³-hybridized carbons (Fsp3) is 0. The highest BCUT2D eigenvalue weighted by Gasteiger charge is 2.28. The van der Waals surface area contributed by atoms with Crippen molar-refractivity contribution >= 4 is 52.1 Å². The van der Waals surface area contributed by atoms with E-state index in [9.17, 15) is 9.90 Å². The largest absolute Gasteiger partial charge is 0.507 e. The van der Waals surface area contributed by atoms with Gasteiger partial charge in [0, 0.05) is 20.5 Å². The van der Waals surface area contributed by atoms with Gasteiger partial charge in [-0.15, -0.1) is 0 Å². The number of carbonyl (C=O) groups excluding carboxylic acids is 1. The average molecular weight is 404 g/mol. The normalized spacial score (nSPS) is 13.3. The van der Waals surface area contributed by atoms with Crippen molar-refractivity contribution in [2.24, 2.45) is 0 Å². The zero-order valence-electron chi connectivity index (χ0n) is 13.1. The Bertz CT molecular complexity index is 1040. The predicted octanol–water partition coefficient (Wildman–Crippen LogP) is 6.06. The molecule has 2 aromatic carbocycles. The van der Waals surface area contributed by atoms with E-state index >= 15 is 0 Å². The maximum atomic E-state index is 13.0. The number of anilines is 1. The van der Waals surface area contributed by atoms with Gasteiger partial charge in [-0.25, -0.2) is 0 Å². The summed E-state index contributed by atoms with van der Waals surface area (Å²) >= 11 is 13.4. The van der Waals surface area contributed by atoms with E-state index in [1.165, 1.54) is 24.1 Å². The number of aromatic hydroxyl groups is 1. The number of rotatable bonds is 3. The Kier molecular flexibility index (Phi) is 4.44. The van der Waals surface area contributed by atoms with Crippen molar-refractivity contribution in [1.82, 2.24) is 0 Å². The predicted molar refractivity (Wildman–Crippen MR) is 104 cm³/mol. The Morgan fingerprint density at radius 3 is 2.62 bits per heavy atom. The van der Waals surface area contributed by atoms with Gasteiger partial charge in [0.2, 0.25) is 5.78 Å². The molecule has 0 atom stereocenters. The van der Waals surface area contributed by atoms with Crippen LogP contribution < -0.4 is 5.32 Å². The lowest BCUT2D eigenvalue weighted by atomic mass is 10.1. The van der Waals surface area contributed by atoms with Crippen LogP contribution in [0.4, 0.5) is 5.69 Å². The van der Waals surface area contributed by atoms with E-state index in [1.54, 1.807) is 36.4 Å². The van der Waals surface area contributed by atoms with Crippen molar-refractivity contribution in [1.29, 1.82) is 0 Å². The zero-order valence-corrected chi connectivity index (χ0v) is 15.5. The number of halogens is 2. The lowest BCUT2D eigenvalue weighted by molar-refractivity contribution is 0.101. The first-order chi connectivity index (χ1) is 12.5. The van der Waals surface area contributed by atoms with Crippen LogP contribution in [0, 0.1) is 0 Å². The number of furan rings is 1. The van der Waals surface area contributed by atoms with Crippen LogP contribution in [0.5, 0.6) is 5.75 Å². The number of fused-ring (bicyclic) bond motifs is 1. The Morgan fingerprint density at radius 1 is 1.08 bits per heavy atom. The van der Waals surface area contributed by atoms with Gasteiger partial charge >= 0.3 is 0 Å². The molecule has 26 heavy (non-hydrogen) atoms. The fourth-order valence-electron chi connectivity index (χ4n) is 2.61. The molecular formula is C19H11Cl2NO3S. The van der Waals surface area contributed by atoms with Gasteiger partial charge in [0.15, 0.2) is 5.76 Å². The van der Waals surface area contributed by atoms with Crippen molar-refractivity contribution in [2.45, 2.75) is 4.90 Å². The maximum Gasteiger partial charge on any atom is 0.236 e. The summed E-state index contributed by atoms with van der Waals surface area (Å²) in [5.74, 6) is -0.0778. The molecule has 0 amide bonds. The Labute approximate surface area is 163 Å². The number of benzene rings is 2. The van der Waals surface area contributed by atoms with E-state index in [0.717, 1.165) is 10.6 Å². The van der Waals surface area contributed by atoms with Crippen molar-refractivity contribution < 1.29 is 14.3 Å². The second kappa shape index (κ2) is 6.76. The van der Waals surface area contributed by atoms with Gasteiger partial charge in [0.05, 0.1) is 22.6 Å². The zero-order chi connectivity index (χ0) is 18.3. The molecule has 0 bridgehead atoms. The molecule has 0 saturated heterocycles.